The minimum atomic E-state index is -3.25. The third-order valence-electron chi connectivity index (χ3n) is 3.26. The molecule has 5 heteroatoms. The summed E-state index contributed by atoms with van der Waals surface area (Å²) >= 11 is 0. The average molecular weight is 247 g/mol. The van der Waals surface area contributed by atoms with Gasteiger partial charge in [-0.3, -0.25) is 0 Å². The van der Waals surface area contributed by atoms with Crippen molar-refractivity contribution in [2.75, 3.05) is 0 Å². The van der Waals surface area contributed by atoms with E-state index in [-0.39, 0.29) is 0 Å². The monoisotopic (exact) mass is 247 g/mol. The van der Waals surface area contributed by atoms with Crippen LogP contribution in [0, 0.1) is 0 Å². The molecule has 1 aromatic carbocycles. The van der Waals surface area contributed by atoms with Crippen LogP contribution in [0.4, 0.5) is 0 Å². The van der Waals surface area contributed by atoms with Crippen LogP contribution in [0.3, 0.4) is 0 Å². The van der Waals surface area contributed by atoms with Crippen LogP contribution in [-0.4, -0.2) is 14.5 Å². The van der Waals surface area contributed by atoms with Crippen LogP contribution in [0.15, 0.2) is 33.5 Å². The second-order valence-corrected chi connectivity index (χ2v) is 6.14. The van der Waals surface area contributed by atoms with Gasteiger partial charge in [0.2, 0.25) is 6.08 Å². The SMILES string of the molecule is O=C=NC1(c2ccc3c(c2)C=CS3(=O)=O)CC1. The van der Waals surface area contributed by atoms with Crippen LogP contribution >= 0.6 is 0 Å². The molecule has 1 fully saturated rings. The molecule has 0 saturated heterocycles. The standard InChI is InChI=1S/C12H9NO3S/c14-8-13-12(4-5-12)10-1-2-11-9(7-10)3-6-17(11,15)16/h1-3,6-7H,4-5H2. The second-order valence-electron chi connectivity index (χ2n) is 4.34. The number of rotatable bonds is 2. The lowest BCUT2D eigenvalue weighted by molar-refractivity contribution is 0.556. The number of aliphatic imine (C=N–C) groups is 1. The highest BCUT2D eigenvalue weighted by Gasteiger charge is 2.45. The Morgan fingerprint density at radius 2 is 2.06 bits per heavy atom. The fraction of sp³-hybridized carbons (Fsp3) is 0.250. The van der Waals surface area contributed by atoms with E-state index in [1.807, 2.05) is 0 Å². The van der Waals surface area contributed by atoms with Gasteiger partial charge in [0.25, 0.3) is 0 Å². The molecule has 0 spiro atoms. The van der Waals surface area contributed by atoms with Gasteiger partial charge in [-0.25, -0.2) is 13.2 Å². The maximum atomic E-state index is 11.6. The molecule has 0 unspecified atom stereocenters. The van der Waals surface area contributed by atoms with Crippen molar-refractivity contribution < 1.29 is 13.2 Å². The highest BCUT2D eigenvalue weighted by molar-refractivity contribution is 7.94. The Balaban J connectivity index is 2.13. The van der Waals surface area contributed by atoms with Gasteiger partial charge < -0.3 is 0 Å². The normalized spacial score (nSPS) is 21.6. The number of carbonyl (C=O) groups excluding carboxylic acids is 1. The van der Waals surface area contributed by atoms with Crippen molar-refractivity contribution in [3.05, 3.63) is 34.7 Å². The summed E-state index contributed by atoms with van der Waals surface area (Å²) < 4.78 is 23.2. The molecule has 1 aliphatic heterocycles. The lowest BCUT2D eigenvalue weighted by atomic mass is 10.0. The highest BCUT2D eigenvalue weighted by atomic mass is 32.2. The molecule has 1 aliphatic carbocycles. The zero-order valence-electron chi connectivity index (χ0n) is 8.88. The molecule has 0 N–H and O–H groups in total. The Hall–Kier alpha value is -1.71. The van der Waals surface area contributed by atoms with Crippen LogP contribution in [0.5, 0.6) is 0 Å². The quantitative estimate of drug-likeness (QED) is 0.591. The van der Waals surface area contributed by atoms with Gasteiger partial charge in [0.15, 0.2) is 9.84 Å². The number of benzene rings is 1. The van der Waals surface area contributed by atoms with E-state index in [1.54, 1.807) is 30.4 Å². The summed E-state index contributed by atoms with van der Waals surface area (Å²) in [4.78, 5) is 14.5. The maximum Gasteiger partial charge on any atom is 0.235 e. The minimum Gasteiger partial charge on any atom is -0.219 e. The molecule has 1 heterocycles. The lowest BCUT2D eigenvalue weighted by Crippen LogP contribution is -2.03. The van der Waals surface area contributed by atoms with Gasteiger partial charge in [-0.15, -0.1) is 0 Å². The Morgan fingerprint density at radius 3 is 2.71 bits per heavy atom. The molecule has 1 saturated carbocycles. The van der Waals surface area contributed by atoms with Gasteiger partial charge in [0, 0.05) is 5.41 Å². The van der Waals surface area contributed by atoms with E-state index in [0.29, 0.717) is 10.5 Å². The van der Waals surface area contributed by atoms with Crippen molar-refractivity contribution in [3.63, 3.8) is 0 Å². The summed E-state index contributed by atoms with van der Waals surface area (Å²) in [6.45, 7) is 0. The summed E-state index contributed by atoms with van der Waals surface area (Å²) in [5.41, 5.74) is 1.12. The largest absolute Gasteiger partial charge is 0.235 e. The summed E-state index contributed by atoms with van der Waals surface area (Å²) in [6, 6.07) is 5.11. The van der Waals surface area contributed by atoms with Crippen LogP contribution in [0.2, 0.25) is 0 Å². The first-order valence-corrected chi connectivity index (χ1v) is 6.79. The number of hydrogen-bond donors (Lipinski definition) is 0. The minimum absolute atomic E-state index is 0.326. The fourth-order valence-electron chi connectivity index (χ4n) is 2.13. The van der Waals surface area contributed by atoms with E-state index in [1.165, 1.54) is 5.41 Å². The van der Waals surface area contributed by atoms with E-state index >= 15 is 0 Å². The molecule has 0 amide bonds. The summed E-state index contributed by atoms with van der Waals surface area (Å²) in [7, 11) is -3.25. The summed E-state index contributed by atoms with van der Waals surface area (Å²) in [5.74, 6) is 0. The molecule has 0 radical (unpaired) electrons. The van der Waals surface area contributed by atoms with E-state index in [4.69, 9.17) is 0 Å². The van der Waals surface area contributed by atoms with Gasteiger partial charge in [0.05, 0.1) is 10.4 Å². The average Bonchev–Trinajstić information content (AvgIpc) is 3.01. The topological polar surface area (TPSA) is 63.6 Å². The number of isocyanates is 1. The Kier molecular flexibility index (Phi) is 1.94. The van der Waals surface area contributed by atoms with Crippen molar-refractivity contribution in [1.82, 2.24) is 0 Å². The van der Waals surface area contributed by atoms with E-state index in [9.17, 15) is 13.2 Å². The predicted octanol–water partition coefficient (Wildman–Crippen LogP) is 1.77. The lowest BCUT2D eigenvalue weighted by Gasteiger charge is -2.09. The Bertz CT molecular complexity index is 678. The van der Waals surface area contributed by atoms with Gasteiger partial charge in [-0.1, -0.05) is 6.07 Å². The molecule has 0 atom stereocenters. The van der Waals surface area contributed by atoms with Crippen LogP contribution < -0.4 is 0 Å². The predicted molar refractivity (Wildman–Crippen MR) is 61.7 cm³/mol. The molecule has 86 valence electrons. The number of hydrogen-bond acceptors (Lipinski definition) is 4. The number of sulfone groups is 1. The zero-order valence-corrected chi connectivity index (χ0v) is 9.70. The third-order valence-corrected chi connectivity index (χ3v) is 4.74. The first-order valence-electron chi connectivity index (χ1n) is 5.24. The van der Waals surface area contributed by atoms with Gasteiger partial charge in [-0.2, -0.15) is 4.99 Å². The van der Waals surface area contributed by atoms with Crippen molar-refractivity contribution in [2.24, 2.45) is 4.99 Å². The molecule has 4 nitrogen and oxygen atoms in total. The van der Waals surface area contributed by atoms with Crippen LogP contribution in [-0.2, 0) is 20.2 Å². The van der Waals surface area contributed by atoms with Crippen LogP contribution in [0.25, 0.3) is 6.08 Å². The number of nitrogens with zero attached hydrogens (tertiary/aromatic N) is 1. The van der Waals surface area contributed by atoms with Crippen molar-refractivity contribution in [1.29, 1.82) is 0 Å². The second kappa shape index (κ2) is 3.15. The smallest absolute Gasteiger partial charge is 0.219 e. The first kappa shape index (κ1) is 10.4. The summed E-state index contributed by atoms with van der Waals surface area (Å²) in [6.07, 6.45) is 4.80. The zero-order chi connectivity index (χ0) is 12.1. The molecular formula is C12H9NO3S. The van der Waals surface area contributed by atoms with Crippen molar-refractivity contribution in [2.45, 2.75) is 23.3 Å². The molecular weight excluding hydrogens is 238 g/mol. The van der Waals surface area contributed by atoms with E-state index in [0.717, 1.165) is 18.4 Å². The van der Waals surface area contributed by atoms with E-state index < -0.39 is 15.4 Å². The molecule has 0 bridgehead atoms. The first-order chi connectivity index (χ1) is 8.07. The van der Waals surface area contributed by atoms with Gasteiger partial charge >= 0.3 is 0 Å². The van der Waals surface area contributed by atoms with E-state index in [2.05, 4.69) is 4.99 Å². The number of fused-ring (bicyclic) bond motifs is 1. The molecule has 3 rings (SSSR count). The molecule has 2 aliphatic rings. The Labute approximate surface area is 98.6 Å². The summed E-state index contributed by atoms with van der Waals surface area (Å²) in [5, 5.41) is 1.20. The van der Waals surface area contributed by atoms with Gasteiger partial charge in [-0.05, 0) is 42.2 Å². The van der Waals surface area contributed by atoms with Gasteiger partial charge in [0.1, 0.15) is 0 Å². The third kappa shape index (κ3) is 1.47. The highest BCUT2D eigenvalue weighted by Crippen LogP contribution is 2.50. The van der Waals surface area contributed by atoms with Crippen molar-refractivity contribution >= 4 is 22.0 Å². The molecule has 17 heavy (non-hydrogen) atoms. The maximum absolute atomic E-state index is 11.6. The fourth-order valence-corrected chi connectivity index (χ4v) is 3.32. The molecule has 0 aromatic heterocycles. The Morgan fingerprint density at radius 1 is 1.29 bits per heavy atom. The van der Waals surface area contributed by atoms with Crippen molar-refractivity contribution in [3.8, 4) is 0 Å². The van der Waals surface area contributed by atoms with Crippen LogP contribution in [0.1, 0.15) is 24.0 Å². The molecule has 1 aromatic rings.